The van der Waals surface area contributed by atoms with Crippen molar-refractivity contribution in [3.05, 3.63) is 42.1 Å². The molecule has 0 aliphatic carbocycles. The third kappa shape index (κ3) is 6.93. The zero-order valence-electron chi connectivity index (χ0n) is 20.5. The number of amides is 1. The van der Waals surface area contributed by atoms with E-state index in [1.54, 1.807) is 0 Å². The van der Waals surface area contributed by atoms with Crippen LogP contribution in [0.1, 0.15) is 38.3 Å². The average Bonchev–Trinajstić information content (AvgIpc) is 3.37. The maximum Gasteiger partial charge on any atom is 0.226 e. The molecule has 2 saturated heterocycles. The van der Waals surface area contributed by atoms with Gasteiger partial charge >= 0.3 is 0 Å². The summed E-state index contributed by atoms with van der Waals surface area (Å²) in [4.78, 5) is 19.7. The van der Waals surface area contributed by atoms with Crippen LogP contribution in [0, 0.1) is 5.92 Å². The lowest BCUT2D eigenvalue weighted by Gasteiger charge is -2.28. The van der Waals surface area contributed by atoms with Crippen molar-refractivity contribution in [1.29, 1.82) is 0 Å². The molecule has 2 fully saturated rings. The van der Waals surface area contributed by atoms with E-state index >= 15 is 0 Å². The van der Waals surface area contributed by atoms with Crippen molar-refractivity contribution < 1.29 is 14.3 Å². The van der Waals surface area contributed by atoms with Crippen LogP contribution in [0.4, 0.5) is 0 Å². The highest BCUT2D eigenvalue weighted by Crippen LogP contribution is 2.31. The van der Waals surface area contributed by atoms with Gasteiger partial charge in [-0.3, -0.25) is 4.79 Å². The molecule has 2 N–H and O–H groups in total. The Labute approximate surface area is 203 Å². The second kappa shape index (κ2) is 12.2. The Kier molecular flexibility index (Phi) is 8.77. The molecule has 34 heavy (non-hydrogen) atoms. The minimum absolute atomic E-state index is 0.00344. The summed E-state index contributed by atoms with van der Waals surface area (Å²) in [5.74, 6) is 1.97. The van der Waals surface area contributed by atoms with Crippen molar-refractivity contribution in [2.45, 2.75) is 45.1 Å². The van der Waals surface area contributed by atoms with Crippen LogP contribution >= 0.6 is 0 Å². The number of aromatic nitrogens is 1. The first kappa shape index (κ1) is 24.5. The first-order valence-corrected chi connectivity index (χ1v) is 12.6. The van der Waals surface area contributed by atoms with Crippen molar-refractivity contribution >= 4 is 5.91 Å². The van der Waals surface area contributed by atoms with Crippen LogP contribution in [0.3, 0.4) is 0 Å². The van der Waals surface area contributed by atoms with E-state index in [2.05, 4.69) is 22.6 Å². The summed E-state index contributed by atoms with van der Waals surface area (Å²) >= 11 is 0. The molecule has 2 aromatic rings. The molecule has 0 spiro atoms. The average molecular weight is 467 g/mol. The van der Waals surface area contributed by atoms with Gasteiger partial charge in [0, 0.05) is 18.2 Å². The summed E-state index contributed by atoms with van der Waals surface area (Å²) in [6.07, 6.45) is 4.80. The van der Waals surface area contributed by atoms with Gasteiger partial charge in [0.05, 0.1) is 25.3 Å². The van der Waals surface area contributed by atoms with E-state index in [9.17, 15) is 4.79 Å². The Morgan fingerprint density at radius 2 is 1.91 bits per heavy atom. The van der Waals surface area contributed by atoms with Gasteiger partial charge in [0.15, 0.2) is 0 Å². The summed E-state index contributed by atoms with van der Waals surface area (Å²) in [6.45, 7) is 7.17. The predicted octanol–water partition coefficient (Wildman–Crippen LogP) is 3.28. The second-order valence-electron chi connectivity index (χ2n) is 9.44. The molecule has 184 valence electrons. The van der Waals surface area contributed by atoms with Crippen molar-refractivity contribution in [1.82, 2.24) is 20.5 Å². The number of rotatable bonds is 10. The van der Waals surface area contributed by atoms with Crippen molar-refractivity contribution in [2.75, 3.05) is 46.4 Å². The molecule has 1 aromatic carbocycles. The van der Waals surface area contributed by atoms with E-state index in [-0.39, 0.29) is 12.3 Å². The van der Waals surface area contributed by atoms with Gasteiger partial charge in [-0.25, -0.2) is 4.98 Å². The molecule has 2 aliphatic heterocycles. The van der Waals surface area contributed by atoms with Crippen molar-refractivity contribution in [3.63, 3.8) is 0 Å². The normalized spacial score (nSPS) is 19.2. The molecule has 4 rings (SSSR count). The fraction of sp³-hybridized carbons (Fsp3) is 0.556. The number of nitrogens with one attached hydrogen (secondary N) is 2. The zero-order chi connectivity index (χ0) is 23.8. The van der Waals surface area contributed by atoms with Gasteiger partial charge < -0.3 is 25.0 Å². The summed E-state index contributed by atoms with van der Waals surface area (Å²) in [7, 11) is 2.17. The number of pyridine rings is 1. The van der Waals surface area contributed by atoms with Crippen molar-refractivity contribution in [2.24, 2.45) is 5.92 Å². The quantitative estimate of drug-likeness (QED) is 0.560. The Hall–Kier alpha value is -2.64. The van der Waals surface area contributed by atoms with Gasteiger partial charge in [-0.1, -0.05) is 12.1 Å². The maximum atomic E-state index is 12.5. The highest BCUT2D eigenvalue weighted by molar-refractivity contribution is 5.78. The largest absolute Gasteiger partial charge is 0.494 e. The van der Waals surface area contributed by atoms with Crippen LogP contribution in [0.15, 0.2) is 36.4 Å². The monoisotopic (exact) mass is 466 g/mol. The lowest BCUT2D eigenvalue weighted by Crippen LogP contribution is -2.37. The fourth-order valence-corrected chi connectivity index (χ4v) is 4.62. The molecule has 0 bridgehead atoms. The SMILES string of the molecule is CCOc1ccc(-c2ccc(CC(=O)NCC3CCCN3)nc2OCC2CCN(C)CC2)cc1. The number of carbonyl (C=O) groups excluding carboxylic acids is 1. The van der Waals surface area contributed by atoms with Crippen LogP contribution in [0.5, 0.6) is 11.6 Å². The minimum Gasteiger partial charge on any atom is -0.494 e. The van der Waals surface area contributed by atoms with E-state index in [0.717, 1.165) is 61.5 Å². The van der Waals surface area contributed by atoms with Gasteiger partial charge in [0.1, 0.15) is 5.75 Å². The molecule has 1 aromatic heterocycles. The van der Waals surface area contributed by atoms with Gasteiger partial charge in [-0.15, -0.1) is 0 Å². The molecular formula is C27H38N4O3. The number of nitrogens with zero attached hydrogens (tertiary/aromatic N) is 2. The third-order valence-corrected chi connectivity index (χ3v) is 6.74. The number of benzene rings is 1. The molecule has 7 heteroatoms. The van der Waals surface area contributed by atoms with Crippen molar-refractivity contribution in [3.8, 4) is 22.8 Å². The highest BCUT2D eigenvalue weighted by atomic mass is 16.5. The van der Waals surface area contributed by atoms with E-state index < -0.39 is 0 Å². The third-order valence-electron chi connectivity index (χ3n) is 6.74. The molecule has 1 amide bonds. The van der Waals surface area contributed by atoms with E-state index in [4.69, 9.17) is 14.5 Å². The first-order valence-electron chi connectivity index (χ1n) is 12.6. The summed E-state index contributed by atoms with van der Waals surface area (Å²) in [6, 6.07) is 12.3. The van der Waals surface area contributed by atoms with Crippen LogP contribution in [-0.2, 0) is 11.2 Å². The van der Waals surface area contributed by atoms with Gasteiger partial charge in [-0.05, 0) is 95.0 Å². The predicted molar refractivity (Wildman–Crippen MR) is 134 cm³/mol. The lowest BCUT2D eigenvalue weighted by molar-refractivity contribution is -0.120. The Morgan fingerprint density at radius 1 is 1.12 bits per heavy atom. The molecule has 0 radical (unpaired) electrons. The Bertz CT molecular complexity index is 920. The van der Waals surface area contributed by atoms with Crippen LogP contribution < -0.4 is 20.1 Å². The first-order chi connectivity index (χ1) is 16.6. The Morgan fingerprint density at radius 3 is 2.62 bits per heavy atom. The minimum atomic E-state index is -0.00344. The molecule has 7 nitrogen and oxygen atoms in total. The summed E-state index contributed by atoms with van der Waals surface area (Å²) in [5.41, 5.74) is 2.69. The number of hydrogen-bond acceptors (Lipinski definition) is 6. The number of likely N-dealkylation sites (tertiary alicyclic amines) is 1. The van der Waals surface area contributed by atoms with E-state index in [1.807, 2.05) is 43.3 Å². The molecule has 2 aliphatic rings. The zero-order valence-corrected chi connectivity index (χ0v) is 20.5. The maximum absolute atomic E-state index is 12.5. The van der Waals surface area contributed by atoms with E-state index in [1.165, 1.54) is 6.42 Å². The fourth-order valence-electron chi connectivity index (χ4n) is 4.62. The van der Waals surface area contributed by atoms with Crippen LogP contribution in [-0.4, -0.2) is 68.3 Å². The molecule has 1 unspecified atom stereocenters. The standard InChI is InChI=1S/C27H38N4O3/c1-3-33-24-9-6-21(7-10-24)25-11-8-22(17-26(32)29-18-23-5-4-14-28-23)30-27(25)34-19-20-12-15-31(2)16-13-20/h6-11,20,23,28H,3-5,12-19H2,1-2H3,(H,29,32). The number of ether oxygens (including phenoxy) is 2. The summed E-state index contributed by atoms with van der Waals surface area (Å²) in [5, 5.41) is 6.45. The van der Waals surface area contributed by atoms with E-state index in [0.29, 0.717) is 37.6 Å². The highest BCUT2D eigenvalue weighted by Gasteiger charge is 2.20. The van der Waals surface area contributed by atoms with Crippen LogP contribution in [0.25, 0.3) is 11.1 Å². The number of hydrogen-bond donors (Lipinski definition) is 2. The van der Waals surface area contributed by atoms with Gasteiger partial charge in [-0.2, -0.15) is 0 Å². The smallest absolute Gasteiger partial charge is 0.226 e. The molecule has 3 heterocycles. The second-order valence-corrected chi connectivity index (χ2v) is 9.44. The van der Waals surface area contributed by atoms with Crippen LogP contribution in [0.2, 0.25) is 0 Å². The number of piperidine rings is 1. The number of carbonyl (C=O) groups is 1. The van der Waals surface area contributed by atoms with Gasteiger partial charge in [0.25, 0.3) is 0 Å². The lowest BCUT2D eigenvalue weighted by atomic mass is 9.98. The summed E-state index contributed by atoms with van der Waals surface area (Å²) < 4.78 is 11.9. The molecule has 0 saturated carbocycles. The Balaban J connectivity index is 1.45. The van der Waals surface area contributed by atoms with Gasteiger partial charge in [0.2, 0.25) is 11.8 Å². The molecule has 1 atom stereocenters. The topological polar surface area (TPSA) is 75.7 Å². The molecular weight excluding hydrogens is 428 g/mol.